The number of rotatable bonds is 2. The van der Waals surface area contributed by atoms with Crippen LogP contribution >= 0.6 is 11.6 Å². The fourth-order valence-corrected chi connectivity index (χ4v) is 2.03. The first-order chi connectivity index (χ1) is 7.65. The number of nitrogens with one attached hydrogen (secondary N) is 1. The molecule has 0 spiro atoms. The first-order valence-electron chi connectivity index (χ1n) is 5.38. The molecule has 6 heteroatoms. The summed E-state index contributed by atoms with van der Waals surface area (Å²) >= 11 is 5.70. The van der Waals surface area contributed by atoms with Gasteiger partial charge in [-0.3, -0.25) is 0 Å². The van der Waals surface area contributed by atoms with Crippen LogP contribution in [0.3, 0.4) is 0 Å². The van der Waals surface area contributed by atoms with Crippen LogP contribution < -0.4 is 11.1 Å². The largest absolute Gasteiger partial charge is 0.394 e. The fourth-order valence-electron chi connectivity index (χ4n) is 1.90. The Morgan fingerprint density at radius 3 is 2.75 bits per heavy atom. The van der Waals surface area contributed by atoms with Gasteiger partial charge in [0.1, 0.15) is 0 Å². The molecule has 0 amide bonds. The number of hydrogen-bond donors (Lipinski definition) is 3. The topological polar surface area (TPSA) is 84.1 Å². The molecule has 16 heavy (non-hydrogen) atoms. The lowest BCUT2D eigenvalue weighted by molar-refractivity contribution is 0.126. The SMILES string of the molecule is Nc1cnc(Cl)nc1NC1CCC(O)CC1. The van der Waals surface area contributed by atoms with E-state index in [1.165, 1.54) is 6.20 Å². The van der Waals surface area contributed by atoms with Gasteiger partial charge in [-0.1, -0.05) is 0 Å². The van der Waals surface area contributed by atoms with Gasteiger partial charge in [-0.25, -0.2) is 4.98 Å². The molecule has 1 aliphatic carbocycles. The lowest BCUT2D eigenvalue weighted by Gasteiger charge is -2.26. The maximum absolute atomic E-state index is 9.39. The molecule has 0 aliphatic heterocycles. The molecule has 5 nitrogen and oxygen atoms in total. The van der Waals surface area contributed by atoms with Gasteiger partial charge in [-0.05, 0) is 37.3 Å². The van der Waals surface area contributed by atoms with E-state index in [2.05, 4.69) is 15.3 Å². The quantitative estimate of drug-likeness (QED) is 0.684. The average molecular weight is 243 g/mol. The number of aliphatic hydroxyl groups excluding tert-OH is 1. The highest BCUT2D eigenvalue weighted by atomic mass is 35.5. The Bertz CT molecular complexity index is 366. The third-order valence-corrected chi connectivity index (χ3v) is 3.01. The van der Waals surface area contributed by atoms with Gasteiger partial charge in [0.2, 0.25) is 5.28 Å². The monoisotopic (exact) mass is 242 g/mol. The molecular formula is C10H15ClN4O. The van der Waals surface area contributed by atoms with E-state index in [1.807, 2.05) is 0 Å². The molecule has 0 saturated heterocycles. The van der Waals surface area contributed by atoms with E-state index in [4.69, 9.17) is 17.3 Å². The van der Waals surface area contributed by atoms with Crippen LogP contribution in [0.4, 0.5) is 11.5 Å². The van der Waals surface area contributed by atoms with Crippen molar-refractivity contribution in [2.45, 2.75) is 37.8 Å². The van der Waals surface area contributed by atoms with Crippen LogP contribution in [0.1, 0.15) is 25.7 Å². The summed E-state index contributed by atoms with van der Waals surface area (Å²) in [7, 11) is 0. The zero-order chi connectivity index (χ0) is 11.5. The Morgan fingerprint density at radius 2 is 2.06 bits per heavy atom. The highest BCUT2D eigenvalue weighted by Crippen LogP contribution is 2.24. The van der Waals surface area contributed by atoms with Crippen molar-refractivity contribution >= 4 is 23.1 Å². The Morgan fingerprint density at radius 1 is 1.38 bits per heavy atom. The molecule has 1 aliphatic rings. The minimum absolute atomic E-state index is 0.163. The molecular weight excluding hydrogens is 228 g/mol. The molecule has 1 aromatic heterocycles. The molecule has 1 aromatic rings. The summed E-state index contributed by atoms with van der Waals surface area (Å²) in [5, 5.41) is 12.8. The molecule has 1 fully saturated rings. The fraction of sp³-hybridized carbons (Fsp3) is 0.600. The zero-order valence-corrected chi connectivity index (χ0v) is 9.61. The van der Waals surface area contributed by atoms with E-state index in [-0.39, 0.29) is 11.4 Å². The van der Waals surface area contributed by atoms with Crippen LogP contribution in [0.5, 0.6) is 0 Å². The first-order valence-corrected chi connectivity index (χ1v) is 5.75. The van der Waals surface area contributed by atoms with Gasteiger partial charge < -0.3 is 16.2 Å². The first kappa shape index (κ1) is 11.4. The van der Waals surface area contributed by atoms with Crippen molar-refractivity contribution in [2.24, 2.45) is 0 Å². The van der Waals surface area contributed by atoms with Crippen molar-refractivity contribution in [1.29, 1.82) is 0 Å². The lowest BCUT2D eigenvalue weighted by atomic mass is 9.93. The predicted molar refractivity (Wildman–Crippen MR) is 63.3 cm³/mol. The van der Waals surface area contributed by atoms with Crippen LogP contribution in [-0.2, 0) is 0 Å². The lowest BCUT2D eigenvalue weighted by Crippen LogP contribution is -2.28. The van der Waals surface area contributed by atoms with E-state index >= 15 is 0 Å². The van der Waals surface area contributed by atoms with Gasteiger partial charge in [0, 0.05) is 6.04 Å². The zero-order valence-electron chi connectivity index (χ0n) is 8.86. The summed E-state index contributed by atoms with van der Waals surface area (Å²) in [5.41, 5.74) is 6.23. The molecule has 1 heterocycles. The molecule has 0 aromatic carbocycles. The summed E-state index contributed by atoms with van der Waals surface area (Å²) in [6.07, 6.45) is 4.80. The number of halogens is 1. The van der Waals surface area contributed by atoms with Crippen molar-refractivity contribution in [1.82, 2.24) is 9.97 Å². The van der Waals surface area contributed by atoms with Crippen molar-refractivity contribution in [3.05, 3.63) is 11.5 Å². The molecule has 4 N–H and O–H groups in total. The van der Waals surface area contributed by atoms with Crippen LogP contribution in [0.15, 0.2) is 6.20 Å². The Labute approximate surface area is 99.0 Å². The van der Waals surface area contributed by atoms with Crippen molar-refractivity contribution in [3.8, 4) is 0 Å². The van der Waals surface area contributed by atoms with Gasteiger partial charge in [0.25, 0.3) is 0 Å². The second-order valence-electron chi connectivity index (χ2n) is 4.09. The van der Waals surface area contributed by atoms with Crippen molar-refractivity contribution in [2.75, 3.05) is 11.1 Å². The molecule has 0 unspecified atom stereocenters. The predicted octanol–water partition coefficient (Wildman–Crippen LogP) is 1.43. The number of aliphatic hydroxyl groups is 1. The highest BCUT2D eigenvalue weighted by Gasteiger charge is 2.20. The standard InChI is InChI=1S/C10H15ClN4O/c11-10-13-5-8(12)9(15-10)14-6-1-3-7(16)4-2-6/h5-7,16H,1-4,12H2,(H,13,14,15). The number of nitrogens with two attached hydrogens (primary N) is 1. The van der Waals surface area contributed by atoms with Gasteiger partial charge in [-0.15, -0.1) is 0 Å². The summed E-state index contributed by atoms with van der Waals surface area (Å²) < 4.78 is 0. The third kappa shape index (κ3) is 2.74. The van der Waals surface area contributed by atoms with Gasteiger partial charge >= 0.3 is 0 Å². The number of nitrogens with zero attached hydrogens (tertiary/aromatic N) is 2. The summed E-state index contributed by atoms with van der Waals surface area (Å²) in [6, 6.07) is 0.302. The number of aromatic nitrogens is 2. The van der Waals surface area contributed by atoms with Crippen molar-refractivity contribution < 1.29 is 5.11 Å². The number of nitrogen functional groups attached to an aromatic ring is 1. The molecule has 0 atom stereocenters. The molecule has 0 radical (unpaired) electrons. The normalized spacial score (nSPS) is 25.4. The van der Waals surface area contributed by atoms with E-state index in [1.54, 1.807) is 0 Å². The van der Waals surface area contributed by atoms with E-state index in [9.17, 15) is 5.11 Å². The smallest absolute Gasteiger partial charge is 0.224 e. The second-order valence-corrected chi connectivity index (χ2v) is 4.43. The summed E-state index contributed by atoms with van der Waals surface area (Å²) in [6.45, 7) is 0. The average Bonchev–Trinajstić information content (AvgIpc) is 2.27. The third-order valence-electron chi connectivity index (χ3n) is 2.83. The van der Waals surface area contributed by atoms with Gasteiger partial charge in [-0.2, -0.15) is 4.98 Å². The van der Waals surface area contributed by atoms with Crippen molar-refractivity contribution in [3.63, 3.8) is 0 Å². The molecule has 0 bridgehead atoms. The molecule has 88 valence electrons. The van der Waals surface area contributed by atoms with Crippen LogP contribution in [0.2, 0.25) is 5.28 Å². The minimum atomic E-state index is -0.163. The van der Waals surface area contributed by atoms with E-state index in [0.717, 1.165) is 25.7 Å². The Kier molecular flexibility index (Phi) is 3.46. The molecule has 1 saturated carbocycles. The number of anilines is 2. The Hall–Kier alpha value is -1.07. The van der Waals surface area contributed by atoms with E-state index < -0.39 is 0 Å². The van der Waals surface area contributed by atoms with Crippen LogP contribution in [0.25, 0.3) is 0 Å². The number of hydrogen-bond acceptors (Lipinski definition) is 5. The van der Waals surface area contributed by atoms with Gasteiger partial charge in [0.05, 0.1) is 18.0 Å². The minimum Gasteiger partial charge on any atom is -0.394 e. The second kappa shape index (κ2) is 4.84. The maximum atomic E-state index is 9.39. The molecule has 2 rings (SSSR count). The Balaban J connectivity index is 2.00. The maximum Gasteiger partial charge on any atom is 0.224 e. The van der Waals surface area contributed by atoms with Crippen LogP contribution in [-0.4, -0.2) is 27.2 Å². The van der Waals surface area contributed by atoms with E-state index in [0.29, 0.717) is 17.5 Å². The van der Waals surface area contributed by atoms with Crippen LogP contribution in [0, 0.1) is 0 Å². The summed E-state index contributed by atoms with van der Waals surface area (Å²) in [4.78, 5) is 7.84. The highest BCUT2D eigenvalue weighted by molar-refractivity contribution is 6.28. The summed E-state index contributed by atoms with van der Waals surface area (Å²) in [5.74, 6) is 0.585. The van der Waals surface area contributed by atoms with Gasteiger partial charge in [0.15, 0.2) is 5.82 Å².